The quantitative estimate of drug-likeness (QED) is 0.502. The third kappa shape index (κ3) is 3.75. The SMILES string of the molecule is C=CCn1c(=NC(=O)c2cccc3ccccc23)sc2cc(NC(C)=O)ccc21. The minimum absolute atomic E-state index is 0.129. The number of allylic oxidation sites excluding steroid dienone is 1. The summed E-state index contributed by atoms with van der Waals surface area (Å²) in [5.74, 6) is -0.413. The minimum Gasteiger partial charge on any atom is -0.326 e. The highest BCUT2D eigenvalue weighted by Crippen LogP contribution is 2.23. The number of hydrogen-bond acceptors (Lipinski definition) is 3. The van der Waals surface area contributed by atoms with Crippen LogP contribution in [0.3, 0.4) is 0 Å². The largest absolute Gasteiger partial charge is 0.326 e. The fraction of sp³-hybridized carbons (Fsp3) is 0.0870. The summed E-state index contributed by atoms with van der Waals surface area (Å²) in [6.45, 7) is 5.82. The zero-order chi connectivity index (χ0) is 20.4. The lowest BCUT2D eigenvalue weighted by atomic mass is 10.0. The van der Waals surface area contributed by atoms with Gasteiger partial charge in [-0.2, -0.15) is 4.99 Å². The minimum atomic E-state index is -0.284. The molecule has 0 aliphatic rings. The molecule has 0 unspecified atom stereocenters. The lowest BCUT2D eigenvalue weighted by Gasteiger charge is -2.04. The maximum atomic E-state index is 13.0. The van der Waals surface area contributed by atoms with Crippen LogP contribution in [0.2, 0.25) is 0 Å². The average Bonchev–Trinajstić information content (AvgIpc) is 3.03. The molecule has 0 bridgehead atoms. The molecule has 1 heterocycles. The fourth-order valence-corrected chi connectivity index (χ4v) is 4.38. The van der Waals surface area contributed by atoms with Gasteiger partial charge in [0.15, 0.2) is 4.80 Å². The van der Waals surface area contributed by atoms with E-state index in [4.69, 9.17) is 0 Å². The number of aromatic nitrogens is 1. The van der Waals surface area contributed by atoms with Crippen molar-refractivity contribution in [2.24, 2.45) is 4.99 Å². The molecule has 5 nitrogen and oxygen atoms in total. The van der Waals surface area contributed by atoms with Crippen LogP contribution < -0.4 is 10.1 Å². The molecule has 0 radical (unpaired) electrons. The van der Waals surface area contributed by atoms with Gasteiger partial charge in [-0.1, -0.05) is 53.8 Å². The Balaban J connectivity index is 1.85. The summed E-state index contributed by atoms with van der Waals surface area (Å²) in [7, 11) is 0. The van der Waals surface area contributed by atoms with E-state index >= 15 is 0 Å². The van der Waals surface area contributed by atoms with Gasteiger partial charge < -0.3 is 9.88 Å². The van der Waals surface area contributed by atoms with Crippen molar-refractivity contribution in [3.63, 3.8) is 0 Å². The van der Waals surface area contributed by atoms with Gasteiger partial charge in [0.05, 0.1) is 10.2 Å². The van der Waals surface area contributed by atoms with Gasteiger partial charge in [-0.15, -0.1) is 6.58 Å². The summed E-state index contributed by atoms with van der Waals surface area (Å²) in [5, 5.41) is 4.67. The number of nitrogens with zero attached hydrogens (tertiary/aromatic N) is 2. The Morgan fingerprint density at radius 2 is 1.93 bits per heavy atom. The molecule has 0 atom stereocenters. The van der Waals surface area contributed by atoms with Crippen LogP contribution in [0, 0.1) is 0 Å². The molecule has 4 aromatic rings. The van der Waals surface area contributed by atoms with Crippen molar-refractivity contribution in [1.29, 1.82) is 0 Å². The second-order valence-corrected chi connectivity index (χ2v) is 7.60. The second-order valence-electron chi connectivity index (χ2n) is 6.59. The third-order valence-electron chi connectivity index (χ3n) is 4.53. The molecule has 2 amide bonds. The number of nitrogens with one attached hydrogen (secondary N) is 1. The van der Waals surface area contributed by atoms with E-state index in [2.05, 4.69) is 16.9 Å². The third-order valence-corrected chi connectivity index (χ3v) is 5.57. The molecule has 6 heteroatoms. The molecular formula is C23H19N3O2S. The van der Waals surface area contributed by atoms with Crippen LogP contribution >= 0.6 is 11.3 Å². The predicted octanol–water partition coefficient (Wildman–Crippen LogP) is 4.74. The number of hydrogen-bond donors (Lipinski definition) is 1. The summed E-state index contributed by atoms with van der Waals surface area (Å²) in [6, 6.07) is 19.1. The van der Waals surface area contributed by atoms with E-state index in [0.717, 1.165) is 21.0 Å². The van der Waals surface area contributed by atoms with Crippen LogP contribution in [0.25, 0.3) is 21.0 Å². The van der Waals surface area contributed by atoms with Crippen LogP contribution in [0.5, 0.6) is 0 Å². The fourth-order valence-electron chi connectivity index (χ4n) is 3.30. The Bertz CT molecular complexity index is 1330. The number of anilines is 1. The van der Waals surface area contributed by atoms with Gasteiger partial charge in [-0.3, -0.25) is 9.59 Å². The Morgan fingerprint density at radius 1 is 1.14 bits per heavy atom. The maximum absolute atomic E-state index is 13.0. The first kappa shape index (κ1) is 18.8. The van der Waals surface area contributed by atoms with E-state index in [1.807, 2.05) is 59.2 Å². The van der Waals surface area contributed by atoms with E-state index in [-0.39, 0.29) is 11.8 Å². The number of amides is 2. The van der Waals surface area contributed by atoms with E-state index in [1.165, 1.54) is 18.3 Å². The number of benzene rings is 3. The van der Waals surface area contributed by atoms with E-state index in [1.54, 1.807) is 12.1 Å². The van der Waals surface area contributed by atoms with Gasteiger partial charge >= 0.3 is 0 Å². The van der Waals surface area contributed by atoms with Crippen molar-refractivity contribution in [3.05, 3.63) is 83.7 Å². The highest BCUT2D eigenvalue weighted by Gasteiger charge is 2.12. The summed E-state index contributed by atoms with van der Waals surface area (Å²) < 4.78 is 2.88. The van der Waals surface area contributed by atoms with Crippen molar-refractivity contribution >= 4 is 49.8 Å². The van der Waals surface area contributed by atoms with Gasteiger partial charge in [0, 0.05) is 24.7 Å². The summed E-state index contributed by atoms with van der Waals surface area (Å²) in [4.78, 5) is 29.4. The molecule has 29 heavy (non-hydrogen) atoms. The summed E-state index contributed by atoms with van der Waals surface area (Å²) in [6.07, 6.45) is 1.77. The van der Waals surface area contributed by atoms with Crippen LogP contribution in [0.15, 0.2) is 78.3 Å². The predicted molar refractivity (Wildman–Crippen MR) is 118 cm³/mol. The zero-order valence-electron chi connectivity index (χ0n) is 15.9. The standard InChI is InChI=1S/C23H19N3O2S/c1-3-13-26-20-12-11-17(24-15(2)27)14-21(20)29-23(26)25-22(28)19-10-6-8-16-7-4-5-9-18(16)19/h3-12,14H,1,13H2,2H3,(H,24,27). The molecule has 1 N–H and O–H groups in total. The monoisotopic (exact) mass is 401 g/mol. The van der Waals surface area contributed by atoms with Crippen LogP contribution in [0.4, 0.5) is 5.69 Å². The summed E-state index contributed by atoms with van der Waals surface area (Å²) in [5.41, 5.74) is 2.22. The van der Waals surface area contributed by atoms with Gasteiger partial charge in [0.25, 0.3) is 5.91 Å². The van der Waals surface area contributed by atoms with E-state index in [9.17, 15) is 9.59 Å². The van der Waals surface area contributed by atoms with Crippen molar-refractivity contribution in [2.75, 3.05) is 5.32 Å². The van der Waals surface area contributed by atoms with E-state index in [0.29, 0.717) is 22.6 Å². The Morgan fingerprint density at radius 3 is 2.72 bits per heavy atom. The molecule has 4 rings (SSSR count). The number of carbonyl (C=O) groups excluding carboxylic acids is 2. The molecule has 0 saturated carbocycles. The molecule has 0 saturated heterocycles. The molecular weight excluding hydrogens is 382 g/mol. The molecule has 144 valence electrons. The topological polar surface area (TPSA) is 63.5 Å². The number of carbonyl (C=O) groups is 2. The zero-order valence-corrected chi connectivity index (χ0v) is 16.7. The summed E-state index contributed by atoms with van der Waals surface area (Å²) >= 11 is 1.41. The highest BCUT2D eigenvalue weighted by molar-refractivity contribution is 7.16. The molecule has 3 aromatic carbocycles. The van der Waals surface area contributed by atoms with E-state index < -0.39 is 0 Å². The molecule has 0 spiro atoms. The molecule has 0 fully saturated rings. The van der Waals surface area contributed by atoms with Crippen molar-refractivity contribution in [3.8, 4) is 0 Å². The smallest absolute Gasteiger partial charge is 0.280 e. The second kappa shape index (κ2) is 7.85. The lowest BCUT2D eigenvalue weighted by Crippen LogP contribution is -2.16. The van der Waals surface area contributed by atoms with Crippen molar-refractivity contribution in [1.82, 2.24) is 4.57 Å². The van der Waals surface area contributed by atoms with Crippen molar-refractivity contribution in [2.45, 2.75) is 13.5 Å². The molecule has 0 aliphatic carbocycles. The molecule has 0 aliphatic heterocycles. The average molecular weight is 401 g/mol. The maximum Gasteiger partial charge on any atom is 0.280 e. The van der Waals surface area contributed by atoms with Gasteiger partial charge in [-0.05, 0) is 35.0 Å². The van der Waals surface area contributed by atoms with Gasteiger partial charge in [0.2, 0.25) is 5.91 Å². The van der Waals surface area contributed by atoms with Gasteiger partial charge in [-0.25, -0.2) is 0 Å². The Hall–Kier alpha value is -3.51. The van der Waals surface area contributed by atoms with Crippen LogP contribution in [-0.2, 0) is 11.3 Å². The van der Waals surface area contributed by atoms with Gasteiger partial charge in [0.1, 0.15) is 0 Å². The highest BCUT2D eigenvalue weighted by atomic mass is 32.1. The first-order chi connectivity index (χ1) is 14.1. The number of rotatable bonds is 4. The van der Waals surface area contributed by atoms with Crippen LogP contribution in [-0.4, -0.2) is 16.4 Å². The van der Waals surface area contributed by atoms with Crippen LogP contribution in [0.1, 0.15) is 17.3 Å². The molecule has 1 aromatic heterocycles. The Kier molecular flexibility index (Phi) is 5.10. The normalized spacial score (nSPS) is 11.7. The lowest BCUT2D eigenvalue weighted by molar-refractivity contribution is -0.114. The van der Waals surface area contributed by atoms with Crippen molar-refractivity contribution < 1.29 is 9.59 Å². The first-order valence-corrected chi connectivity index (χ1v) is 9.97. The Labute approximate surface area is 171 Å². The first-order valence-electron chi connectivity index (χ1n) is 9.15. The number of fused-ring (bicyclic) bond motifs is 2. The number of thiazole rings is 1.